The molecule has 1 rings (SSSR count). The summed E-state index contributed by atoms with van der Waals surface area (Å²) in [5.74, 6) is 0. The molecule has 3 heteroatoms. The predicted octanol–water partition coefficient (Wildman–Crippen LogP) is 1.88. The minimum absolute atomic E-state index is 0.409. The average Bonchev–Trinajstić information content (AvgIpc) is 2.17. The number of hydrogen-bond donors (Lipinski definition) is 0. The maximum Gasteiger partial charge on any atom is 0.190 e. The van der Waals surface area contributed by atoms with Crippen LogP contribution < -0.4 is 0 Å². The fraction of sp³-hybridized carbons (Fsp3) is 0.111. The smallest absolute Gasteiger partial charge is 0.190 e. The first kappa shape index (κ1) is 8.69. The Kier molecular flexibility index (Phi) is 2.78. The summed E-state index contributed by atoms with van der Waals surface area (Å²) in [4.78, 5) is 0. The molecule has 0 amide bonds. The van der Waals surface area contributed by atoms with Crippen LogP contribution in [-0.4, -0.2) is 12.2 Å². The molecule has 0 fully saturated rings. The zero-order chi connectivity index (χ0) is 8.97. The zero-order valence-corrected chi connectivity index (χ0v) is 7.39. The molecular formula is C9H7NOS. The topological polar surface area (TPSA) is 33.0 Å². The largest absolute Gasteiger partial charge is 0.486 e. The highest BCUT2D eigenvalue weighted by Gasteiger charge is 2.00. The number of nitrogens with zero attached hydrogens (tertiary/aromatic N) is 1. The third kappa shape index (κ3) is 1.80. The number of benzene rings is 1. The van der Waals surface area contributed by atoms with Crippen molar-refractivity contribution in [3.8, 4) is 6.07 Å². The van der Waals surface area contributed by atoms with Crippen LogP contribution in [0.4, 0.5) is 0 Å². The quantitative estimate of drug-likeness (QED) is 0.614. The van der Waals surface area contributed by atoms with E-state index in [1.165, 1.54) is 7.11 Å². The van der Waals surface area contributed by atoms with Gasteiger partial charge in [-0.15, -0.1) is 0 Å². The summed E-state index contributed by atoms with van der Waals surface area (Å²) in [6.45, 7) is 0. The molecule has 0 heterocycles. The van der Waals surface area contributed by atoms with Crippen LogP contribution in [-0.2, 0) is 4.74 Å². The number of hydrogen-bond acceptors (Lipinski definition) is 3. The summed E-state index contributed by atoms with van der Waals surface area (Å²) >= 11 is 4.90. The Labute approximate surface area is 76.4 Å². The van der Waals surface area contributed by atoms with Gasteiger partial charge >= 0.3 is 0 Å². The van der Waals surface area contributed by atoms with E-state index in [4.69, 9.17) is 22.2 Å². The monoisotopic (exact) mass is 177 g/mol. The summed E-state index contributed by atoms with van der Waals surface area (Å²) in [5, 5.41) is 8.99. The van der Waals surface area contributed by atoms with Crippen LogP contribution in [0.25, 0.3) is 0 Å². The first-order chi connectivity index (χ1) is 5.77. The van der Waals surface area contributed by atoms with Crippen LogP contribution in [0.2, 0.25) is 0 Å². The second-order valence-corrected chi connectivity index (χ2v) is 2.55. The highest BCUT2D eigenvalue weighted by molar-refractivity contribution is 7.80. The van der Waals surface area contributed by atoms with Crippen molar-refractivity contribution in [1.82, 2.24) is 0 Å². The number of nitriles is 1. The summed E-state index contributed by atoms with van der Waals surface area (Å²) < 4.78 is 4.86. The number of rotatable bonds is 1. The van der Waals surface area contributed by atoms with Crippen molar-refractivity contribution in [3.05, 3.63) is 35.4 Å². The van der Waals surface area contributed by atoms with E-state index >= 15 is 0 Å². The van der Waals surface area contributed by atoms with Gasteiger partial charge in [0.25, 0.3) is 0 Å². The van der Waals surface area contributed by atoms with E-state index in [1.54, 1.807) is 18.2 Å². The normalized spacial score (nSPS) is 8.67. The van der Waals surface area contributed by atoms with E-state index < -0.39 is 0 Å². The highest BCUT2D eigenvalue weighted by atomic mass is 32.1. The molecule has 0 aliphatic rings. The molecule has 0 atom stereocenters. The molecule has 2 nitrogen and oxygen atoms in total. The third-order valence-electron chi connectivity index (χ3n) is 1.41. The number of thiocarbonyl (C=S) groups is 1. The molecule has 1 aromatic carbocycles. The molecule has 12 heavy (non-hydrogen) atoms. The van der Waals surface area contributed by atoms with Gasteiger partial charge in [0, 0.05) is 5.56 Å². The molecule has 60 valence electrons. The van der Waals surface area contributed by atoms with Crippen molar-refractivity contribution in [2.75, 3.05) is 7.11 Å². The van der Waals surface area contributed by atoms with E-state index in [-0.39, 0.29) is 0 Å². The van der Waals surface area contributed by atoms with Crippen LogP contribution in [0.1, 0.15) is 11.1 Å². The maximum absolute atomic E-state index is 8.58. The zero-order valence-electron chi connectivity index (χ0n) is 6.57. The van der Waals surface area contributed by atoms with E-state index in [1.807, 2.05) is 12.1 Å². The van der Waals surface area contributed by atoms with E-state index in [0.717, 1.165) is 5.56 Å². The van der Waals surface area contributed by atoms with E-state index in [9.17, 15) is 0 Å². The summed E-state index contributed by atoms with van der Waals surface area (Å²) in [5.41, 5.74) is 1.36. The molecule has 0 spiro atoms. The van der Waals surface area contributed by atoms with Gasteiger partial charge in [-0.25, -0.2) is 0 Å². The minimum Gasteiger partial charge on any atom is -0.486 e. The SMILES string of the molecule is COC(=S)c1cccc(C#N)c1. The second kappa shape index (κ2) is 3.84. The van der Waals surface area contributed by atoms with Gasteiger partial charge in [0.15, 0.2) is 5.05 Å². The van der Waals surface area contributed by atoms with Gasteiger partial charge in [-0.3, -0.25) is 0 Å². The molecule has 0 aliphatic heterocycles. The van der Waals surface area contributed by atoms with E-state index in [2.05, 4.69) is 0 Å². The first-order valence-electron chi connectivity index (χ1n) is 3.36. The van der Waals surface area contributed by atoms with Crippen LogP contribution in [0.3, 0.4) is 0 Å². The Morgan fingerprint density at radius 2 is 2.33 bits per heavy atom. The van der Waals surface area contributed by atoms with Crippen molar-refractivity contribution >= 4 is 17.3 Å². The molecular weight excluding hydrogens is 170 g/mol. The van der Waals surface area contributed by atoms with Crippen LogP contribution in [0.5, 0.6) is 0 Å². The standard InChI is InChI=1S/C9H7NOS/c1-11-9(12)8-4-2-3-7(5-8)6-10/h2-5H,1H3. The fourth-order valence-electron chi connectivity index (χ4n) is 0.834. The molecule has 0 N–H and O–H groups in total. The maximum atomic E-state index is 8.58. The average molecular weight is 177 g/mol. The molecule has 0 radical (unpaired) electrons. The Morgan fingerprint density at radius 1 is 1.58 bits per heavy atom. The highest BCUT2D eigenvalue weighted by Crippen LogP contribution is 2.05. The molecule has 0 saturated heterocycles. The second-order valence-electron chi connectivity index (χ2n) is 2.18. The van der Waals surface area contributed by atoms with Crippen molar-refractivity contribution in [1.29, 1.82) is 5.26 Å². The number of ether oxygens (including phenoxy) is 1. The van der Waals surface area contributed by atoms with Gasteiger partial charge in [0.05, 0.1) is 18.7 Å². The van der Waals surface area contributed by atoms with Crippen LogP contribution in [0, 0.1) is 11.3 Å². The van der Waals surface area contributed by atoms with Crippen molar-refractivity contribution in [2.24, 2.45) is 0 Å². The summed E-state index contributed by atoms with van der Waals surface area (Å²) in [6.07, 6.45) is 0. The Hall–Kier alpha value is -1.40. The van der Waals surface area contributed by atoms with Gasteiger partial charge in [0.1, 0.15) is 0 Å². The van der Waals surface area contributed by atoms with Gasteiger partial charge in [0.2, 0.25) is 0 Å². The fourth-order valence-corrected chi connectivity index (χ4v) is 0.961. The first-order valence-corrected chi connectivity index (χ1v) is 3.77. The Balaban J connectivity index is 3.04. The Bertz CT molecular complexity index is 341. The minimum atomic E-state index is 0.409. The van der Waals surface area contributed by atoms with E-state index in [0.29, 0.717) is 10.6 Å². The molecule has 0 aliphatic carbocycles. The molecule has 0 aromatic heterocycles. The lowest BCUT2D eigenvalue weighted by Gasteiger charge is -2.00. The van der Waals surface area contributed by atoms with Gasteiger partial charge < -0.3 is 4.74 Å². The molecule has 0 unspecified atom stereocenters. The summed E-state index contributed by atoms with van der Waals surface area (Å²) in [7, 11) is 1.52. The molecule has 0 saturated carbocycles. The molecule has 1 aromatic rings. The number of methoxy groups -OCH3 is 1. The molecule has 0 bridgehead atoms. The summed E-state index contributed by atoms with van der Waals surface area (Å²) in [6, 6.07) is 9.04. The van der Waals surface area contributed by atoms with Crippen LogP contribution in [0.15, 0.2) is 24.3 Å². The van der Waals surface area contributed by atoms with Crippen LogP contribution >= 0.6 is 12.2 Å². The lowest BCUT2D eigenvalue weighted by molar-refractivity contribution is 0.416. The van der Waals surface area contributed by atoms with Crippen molar-refractivity contribution in [3.63, 3.8) is 0 Å². The Morgan fingerprint density at radius 3 is 2.92 bits per heavy atom. The van der Waals surface area contributed by atoms with Gasteiger partial charge in [-0.1, -0.05) is 12.1 Å². The van der Waals surface area contributed by atoms with Crippen molar-refractivity contribution < 1.29 is 4.74 Å². The van der Waals surface area contributed by atoms with Crippen molar-refractivity contribution in [2.45, 2.75) is 0 Å². The lowest BCUT2D eigenvalue weighted by atomic mass is 10.1. The van der Waals surface area contributed by atoms with Gasteiger partial charge in [-0.2, -0.15) is 5.26 Å². The third-order valence-corrected chi connectivity index (χ3v) is 1.82. The lowest BCUT2D eigenvalue weighted by Crippen LogP contribution is -1.99. The predicted molar refractivity (Wildman–Crippen MR) is 49.9 cm³/mol. The van der Waals surface area contributed by atoms with Gasteiger partial charge in [-0.05, 0) is 24.4 Å².